The van der Waals surface area contributed by atoms with E-state index in [4.69, 9.17) is 0 Å². The van der Waals surface area contributed by atoms with Crippen molar-refractivity contribution in [2.75, 3.05) is 7.05 Å². The first-order valence-electron chi connectivity index (χ1n) is 8.81. The molecule has 1 aliphatic carbocycles. The molecule has 0 fully saturated rings. The van der Waals surface area contributed by atoms with Crippen LogP contribution in [0.25, 0.3) is 10.8 Å². The predicted molar refractivity (Wildman–Crippen MR) is 104 cm³/mol. The number of carbonyl (C=O) groups excluding carboxylic acids is 1. The van der Waals surface area contributed by atoms with Gasteiger partial charge in [-0.25, -0.2) is 0 Å². The highest BCUT2D eigenvalue weighted by Gasteiger charge is 2.26. The first kappa shape index (κ1) is 17.4. The van der Waals surface area contributed by atoms with Gasteiger partial charge in [-0.15, -0.1) is 0 Å². The van der Waals surface area contributed by atoms with E-state index in [0.717, 1.165) is 23.1 Å². The number of fused-ring (bicyclic) bond motifs is 1. The minimum atomic E-state index is -0.172. The molecule has 0 bridgehead atoms. The van der Waals surface area contributed by atoms with Crippen LogP contribution in [0.3, 0.4) is 0 Å². The molecule has 0 saturated heterocycles. The summed E-state index contributed by atoms with van der Waals surface area (Å²) in [5.41, 5.74) is 2.76. The Morgan fingerprint density at radius 3 is 2.64 bits per heavy atom. The highest BCUT2D eigenvalue weighted by atomic mass is 16.1. The lowest BCUT2D eigenvalue weighted by Crippen LogP contribution is -2.40. The van der Waals surface area contributed by atoms with Gasteiger partial charge in [-0.2, -0.15) is 0 Å². The molecule has 130 valence electrons. The maximum Gasteiger partial charge on any atom is 0.251 e. The zero-order chi connectivity index (χ0) is 18.0. The SMILES string of the molecule is CNC1(C)C=C(C(=O)NC(C)c2cccc3ccccc23)C(C)=CC1. The Balaban J connectivity index is 1.86. The number of amides is 1. The van der Waals surface area contributed by atoms with E-state index in [0.29, 0.717) is 0 Å². The molecule has 3 rings (SSSR count). The standard InChI is InChI=1S/C22H26N2O/c1-15-12-13-22(3,23-4)14-20(15)21(25)24-16(2)18-11-7-9-17-8-5-6-10-19(17)18/h5-12,14,16,23H,13H2,1-4H3,(H,24,25). The van der Waals surface area contributed by atoms with Crippen molar-refractivity contribution >= 4 is 16.7 Å². The van der Waals surface area contributed by atoms with Crippen LogP contribution in [0.5, 0.6) is 0 Å². The minimum absolute atomic E-state index is 0.0182. The van der Waals surface area contributed by atoms with E-state index >= 15 is 0 Å². The summed E-state index contributed by atoms with van der Waals surface area (Å²) in [7, 11) is 1.93. The minimum Gasteiger partial charge on any atom is -0.345 e. The monoisotopic (exact) mass is 334 g/mol. The van der Waals surface area contributed by atoms with Gasteiger partial charge in [-0.1, -0.05) is 54.6 Å². The van der Waals surface area contributed by atoms with Gasteiger partial charge in [0.15, 0.2) is 0 Å². The van der Waals surface area contributed by atoms with Crippen molar-refractivity contribution in [3.63, 3.8) is 0 Å². The second-order valence-electron chi connectivity index (χ2n) is 7.08. The van der Waals surface area contributed by atoms with Gasteiger partial charge < -0.3 is 10.6 Å². The smallest absolute Gasteiger partial charge is 0.251 e. The van der Waals surface area contributed by atoms with Gasteiger partial charge in [0.05, 0.1) is 6.04 Å². The highest BCUT2D eigenvalue weighted by molar-refractivity contribution is 5.98. The summed E-state index contributed by atoms with van der Waals surface area (Å²) in [6, 6.07) is 14.5. The quantitative estimate of drug-likeness (QED) is 0.876. The summed E-state index contributed by atoms with van der Waals surface area (Å²) in [5.74, 6) is -0.0182. The second-order valence-corrected chi connectivity index (χ2v) is 7.08. The van der Waals surface area contributed by atoms with Crippen LogP contribution in [-0.4, -0.2) is 18.5 Å². The number of hydrogen-bond donors (Lipinski definition) is 2. The summed E-state index contributed by atoms with van der Waals surface area (Å²) in [6.07, 6.45) is 5.08. The van der Waals surface area contributed by atoms with Crippen LogP contribution >= 0.6 is 0 Å². The Morgan fingerprint density at radius 1 is 1.16 bits per heavy atom. The molecular formula is C22H26N2O. The lowest BCUT2D eigenvalue weighted by atomic mass is 9.86. The largest absolute Gasteiger partial charge is 0.345 e. The number of benzene rings is 2. The molecule has 0 radical (unpaired) electrons. The number of hydrogen-bond acceptors (Lipinski definition) is 2. The molecule has 3 nitrogen and oxygen atoms in total. The Labute approximate surface area is 149 Å². The Kier molecular flexibility index (Phi) is 4.78. The topological polar surface area (TPSA) is 41.1 Å². The van der Waals surface area contributed by atoms with Crippen LogP contribution in [0.4, 0.5) is 0 Å². The van der Waals surface area contributed by atoms with E-state index in [2.05, 4.69) is 47.9 Å². The van der Waals surface area contributed by atoms with Crippen molar-refractivity contribution < 1.29 is 4.79 Å². The summed E-state index contributed by atoms with van der Waals surface area (Å²) < 4.78 is 0. The molecule has 0 aliphatic heterocycles. The zero-order valence-corrected chi connectivity index (χ0v) is 15.4. The van der Waals surface area contributed by atoms with Gasteiger partial charge in [0, 0.05) is 11.1 Å². The fraction of sp³-hybridized carbons (Fsp3) is 0.318. The van der Waals surface area contributed by atoms with Gasteiger partial charge in [0.1, 0.15) is 0 Å². The van der Waals surface area contributed by atoms with Gasteiger partial charge in [0.2, 0.25) is 0 Å². The maximum absolute atomic E-state index is 12.9. The van der Waals surface area contributed by atoms with E-state index < -0.39 is 0 Å². The first-order chi connectivity index (χ1) is 11.9. The van der Waals surface area contributed by atoms with Crippen molar-refractivity contribution in [2.24, 2.45) is 0 Å². The molecule has 2 N–H and O–H groups in total. The molecule has 2 atom stereocenters. The molecule has 2 aromatic rings. The van der Waals surface area contributed by atoms with Crippen LogP contribution in [0, 0.1) is 0 Å². The molecule has 1 amide bonds. The molecule has 3 heteroatoms. The van der Waals surface area contributed by atoms with Gasteiger partial charge >= 0.3 is 0 Å². The Bertz CT molecular complexity index is 860. The zero-order valence-electron chi connectivity index (χ0n) is 15.4. The van der Waals surface area contributed by atoms with Gasteiger partial charge in [-0.3, -0.25) is 4.79 Å². The van der Waals surface area contributed by atoms with E-state index in [9.17, 15) is 4.79 Å². The predicted octanol–water partition coefficient (Wildman–Crippen LogP) is 4.27. The first-order valence-corrected chi connectivity index (χ1v) is 8.81. The maximum atomic E-state index is 12.9. The van der Waals surface area contributed by atoms with Gasteiger partial charge in [-0.05, 0) is 56.1 Å². The number of nitrogens with one attached hydrogen (secondary N) is 2. The number of rotatable bonds is 4. The van der Waals surface area contributed by atoms with Crippen LogP contribution in [-0.2, 0) is 4.79 Å². The number of carbonyl (C=O) groups is 1. The molecule has 0 saturated carbocycles. The highest BCUT2D eigenvalue weighted by Crippen LogP contribution is 2.28. The van der Waals surface area contributed by atoms with Crippen LogP contribution in [0.2, 0.25) is 0 Å². The van der Waals surface area contributed by atoms with Crippen molar-refractivity contribution in [3.05, 3.63) is 71.3 Å². The summed E-state index contributed by atoms with van der Waals surface area (Å²) in [5, 5.41) is 8.84. The fourth-order valence-corrected chi connectivity index (χ4v) is 3.37. The van der Waals surface area contributed by atoms with Crippen LogP contribution in [0.1, 0.15) is 38.8 Å². The molecular weight excluding hydrogens is 308 g/mol. The summed E-state index contributed by atoms with van der Waals surface area (Å²) in [4.78, 5) is 12.9. The number of likely N-dealkylation sites (N-methyl/N-ethyl adjacent to an activating group) is 1. The lowest BCUT2D eigenvalue weighted by Gasteiger charge is -2.30. The molecule has 0 heterocycles. The molecule has 0 aromatic heterocycles. The van der Waals surface area contributed by atoms with Crippen molar-refractivity contribution in [1.29, 1.82) is 0 Å². The third-order valence-corrected chi connectivity index (χ3v) is 5.17. The van der Waals surface area contributed by atoms with E-state index in [1.807, 2.05) is 45.2 Å². The molecule has 25 heavy (non-hydrogen) atoms. The second kappa shape index (κ2) is 6.85. The summed E-state index contributed by atoms with van der Waals surface area (Å²) in [6.45, 7) is 6.15. The molecule has 2 unspecified atom stereocenters. The van der Waals surface area contributed by atoms with Gasteiger partial charge in [0.25, 0.3) is 5.91 Å². The van der Waals surface area contributed by atoms with E-state index in [-0.39, 0.29) is 17.5 Å². The fourth-order valence-electron chi connectivity index (χ4n) is 3.37. The third-order valence-electron chi connectivity index (χ3n) is 5.17. The summed E-state index contributed by atoms with van der Waals surface area (Å²) >= 11 is 0. The average molecular weight is 334 g/mol. The van der Waals surface area contributed by atoms with E-state index in [1.54, 1.807) is 0 Å². The molecule has 0 spiro atoms. The lowest BCUT2D eigenvalue weighted by molar-refractivity contribution is -0.117. The van der Waals surface area contributed by atoms with Crippen LogP contribution in [0.15, 0.2) is 65.8 Å². The van der Waals surface area contributed by atoms with Crippen LogP contribution < -0.4 is 10.6 Å². The normalized spacial score (nSPS) is 21.4. The molecule has 2 aromatic carbocycles. The Morgan fingerprint density at radius 2 is 1.88 bits per heavy atom. The van der Waals surface area contributed by atoms with Crippen molar-refractivity contribution in [3.8, 4) is 0 Å². The van der Waals surface area contributed by atoms with Crippen molar-refractivity contribution in [1.82, 2.24) is 10.6 Å². The Hall–Kier alpha value is -2.39. The average Bonchev–Trinajstić information content (AvgIpc) is 2.63. The van der Waals surface area contributed by atoms with Crippen molar-refractivity contribution in [2.45, 2.75) is 38.8 Å². The third kappa shape index (κ3) is 3.52. The van der Waals surface area contributed by atoms with E-state index in [1.165, 1.54) is 10.8 Å². The molecule has 1 aliphatic rings.